The molecule has 18 heavy (non-hydrogen) atoms. The minimum Gasteiger partial charge on any atom is -0.481 e. The molecule has 0 saturated carbocycles. The Balaban J connectivity index is 4.47. The second-order valence-electron chi connectivity index (χ2n) is 4.68. The Morgan fingerprint density at radius 1 is 1.33 bits per heavy atom. The van der Waals surface area contributed by atoms with E-state index in [2.05, 4.69) is 6.92 Å². The highest BCUT2D eigenvalue weighted by atomic mass is 16.4. The number of unbranched alkanes of at least 4 members (excludes halogenated alkanes) is 1. The van der Waals surface area contributed by atoms with Crippen molar-refractivity contribution in [3.05, 3.63) is 0 Å². The van der Waals surface area contributed by atoms with Crippen LogP contribution in [-0.4, -0.2) is 40.5 Å². The molecule has 0 saturated heterocycles. The number of hydrogen-bond acceptors (Lipinski definition) is 3. The third-order valence-electron chi connectivity index (χ3n) is 3.14. The SMILES string of the molecule is CCCCN(C(=O)C(N)CCC(=O)O)C(C)CC. The Morgan fingerprint density at radius 3 is 2.39 bits per heavy atom. The molecular formula is C13H26N2O3. The molecule has 2 atom stereocenters. The highest BCUT2D eigenvalue weighted by Gasteiger charge is 2.24. The first-order chi connectivity index (χ1) is 8.43. The standard InChI is InChI=1S/C13H26N2O3/c1-4-6-9-15(10(3)5-2)13(18)11(14)7-8-12(16)17/h10-11H,4-9,14H2,1-3H3,(H,16,17). The van der Waals surface area contributed by atoms with Gasteiger partial charge in [0.05, 0.1) is 6.04 Å². The van der Waals surface area contributed by atoms with E-state index < -0.39 is 12.0 Å². The third kappa shape index (κ3) is 6.00. The fourth-order valence-corrected chi connectivity index (χ4v) is 1.71. The minimum absolute atomic E-state index is 0.0605. The largest absolute Gasteiger partial charge is 0.481 e. The Morgan fingerprint density at radius 2 is 1.94 bits per heavy atom. The maximum Gasteiger partial charge on any atom is 0.303 e. The van der Waals surface area contributed by atoms with Crippen molar-refractivity contribution in [2.24, 2.45) is 5.73 Å². The first-order valence-corrected chi connectivity index (χ1v) is 6.71. The van der Waals surface area contributed by atoms with Gasteiger partial charge in [-0.3, -0.25) is 9.59 Å². The average Bonchev–Trinajstić information content (AvgIpc) is 2.35. The predicted molar refractivity (Wildman–Crippen MR) is 71.2 cm³/mol. The first kappa shape index (κ1) is 16.9. The summed E-state index contributed by atoms with van der Waals surface area (Å²) in [5.41, 5.74) is 5.78. The van der Waals surface area contributed by atoms with Crippen LogP contribution in [0.3, 0.4) is 0 Å². The van der Waals surface area contributed by atoms with Crippen LogP contribution in [0.4, 0.5) is 0 Å². The zero-order valence-electron chi connectivity index (χ0n) is 11.7. The van der Waals surface area contributed by atoms with E-state index in [4.69, 9.17) is 10.8 Å². The summed E-state index contributed by atoms with van der Waals surface area (Å²) in [6.45, 7) is 6.80. The summed E-state index contributed by atoms with van der Waals surface area (Å²) in [6.07, 6.45) is 2.98. The molecule has 106 valence electrons. The lowest BCUT2D eigenvalue weighted by atomic mass is 10.1. The Kier molecular flexibility index (Phi) is 8.37. The monoisotopic (exact) mass is 258 g/mol. The van der Waals surface area contributed by atoms with E-state index in [9.17, 15) is 9.59 Å². The number of carboxylic acids is 1. The van der Waals surface area contributed by atoms with Crippen LogP contribution in [-0.2, 0) is 9.59 Å². The van der Waals surface area contributed by atoms with Crippen molar-refractivity contribution >= 4 is 11.9 Å². The topological polar surface area (TPSA) is 83.6 Å². The quantitative estimate of drug-likeness (QED) is 0.658. The summed E-state index contributed by atoms with van der Waals surface area (Å²) in [4.78, 5) is 24.4. The van der Waals surface area contributed by atoms with E-state index in [1.807, 2.05) is 13.8 Å². The second-order valence-corrected chi connectivity index (χ2v) is 4.68. The van der Waals surface area contributed by atoms with Crippen LogP contribution < -0.4 is 5.73 Å². The van der Waals surface area contributed by atoms with E-state index in [1.54, 1.807) is 4.90 Å². The van der Waals surface area contributed by atoms with Gasteiger partial charge in [-0.2, -0.15) is 0 Å². The van der Waals surface area contributed by atoms with Crippen LogP contribution in [0.2, 0.25) is 0 Å². The number of hydrogen-bond donors (Lipinski definition) is 2. The molecule has 0 aliphatic heterocycles. The van der Waals surface area contributed by atoms with Gasteiger partial charge in [0.1, 0.15) is 0 Å². The Bertz CT molecular complexity index is 269. The molecule has 0 bridgehead atoms. The minimum atomic E-state index is -0.915. The summed E-state index contributed by atoms with van der Waals surface area (Å²) in [6, 6.07) is -0.549. The van der Waals surface area contributed by atoms with Crippen molar-refractivity contribution in [1.82, 2.24) is 4.90 Å². The van der Waals surface area contributed by atoms with Gasteiger partial charge >= 0.3 is 5.97 Å². The summed E-state index contributed by atoms with van der Waals surface area (Å²) in [5.74, 6) is -1.04. The lowest BCUT2D eigenvalue weighted by molar-refractivity contribution is -0.138. The molecule has 1 amide bonds. The zero-order chi connectivity index (χ0) is 14.1. The fourth-order valence-electron chi connectivity index (χ4n) is 1.71. The number of amides is 1. The Labute approximate surface area is 109 Å². The number of aliphatic carboxylic acids is 1. The fraction of sp³-hybridized carbons (Fsp3) is 0.846. The maximum atomic E-state index is 12.2. The van der Waals surface area contributed by atoms with Gasteiger partial charge in [-0.15, -0.1) is 0 Å². The smallest absolute Gasteiger partial charge is 0.303 e. The van der Waals surface area contributed by atoms with Crippen molar-refractivity contribution in [2.75, 3.05) is 6.54 Å². The molecule has 5 nitrogen and oxygen atoms in total. The molecule has 0 rings (SSSR count). The zero-order valence-corrected chi connectivity index (χ0v) is 11.7. The van der Waals surface area contributed by atoms with Gasteiger partial charge in [-0.05, 0) is 26.2 Å². The van der Waals surface area contributed by atoms with Gasteiger partial charge in [0.15, 0.2) is 0 Å². The van der Waals surface area contributed by atoms with Crippen molar-refractivity contribution in [3.63, 3.8) is 0 Å². The molecule has 0 heterocycles. The molecule has 0 aromatic carbocycles. The van der Waals surface area contributed by atoms with Crippen LogP contribution in [0.5, 0.6) is 0 Å². The lowest BCUT2D eigenvalue weighted by Gasteiger charge is -2.31. The lowest BCUT2D eigenvalue weighted by Crippen LogP contribution is -2.48. The van der Waals surface area contributed by atoms with Crippen molar-refractivity contribution < 1.29 is 14.7 Å². The van der Waals surface area contributed by atoms with E-state index >= 15 is 0 Å². The summed E-state index contributed by atoms with van der Waals surface area (Å²) in [7, 11) is 0. The third-order valence-corrected chi connectivity index (χ3v) is 3.14. The van der Waals surface area contributed by atoms with Gasteiger partial charge in [-0.1, -0.05) is 20.3 Å². The molecule has 0 aliphatic carbocycles. The maximum absolute atomic E-state index is 12.2. The van der Waals surface area contributed by atoms with Crippen LogP contribution in [0.25, 0.3) is 0 Å². The molecule has 2 unspecified atom stereocenters. The molecule has 0 aromatic rings. The van der Waals surface area contributed by atoms with Gasteiger partial charge in [0.25, 0.3) is 0 Å². The Hall–Kier alpha value is -1.10. The average molecular weight is 258 g/mol. The van der Waals surface area contributed by atoms with Crippen molar-refractivity contribution in [2.45, 2.75) is 65.0 Å². The molecule has 0 spiro atoms. The normalized spacial score (nSPS) is 14.0. The van der Waals surface area contributed by atoms with E-state index in [0.717, 1.165) is 19.3 Å². The number of carbonyl (C=O) groups excluding carboxylic acids is 1. The molecule has 0 radical (unpaired) electrons. The highest BCUT2D eigenvalue weighted by Crippen LogP contribution is 2.09. The van der Waals surface area contributed by atoms with E-state index in [-0.39, 0.29) is 24.8 Å². The molecule has 5 heteroatoms. The number of carbonyl (C=O) groups is 2. The van der Waals surface area contributed by atoms with E-state index in [1.165, 1.54) is 0 Å². The number of carboxylic acid groups (broad SMARTS) is 1. The molecule has 0 aliphatic rings. The second kappa shape index (κ2) is 8.91. The predicted octanol–water partition coefficient (Wildman–Crippen LogP) is 1.61. The van der Waals surface area contributed by atoms with Gasteiger partial charge in [0.2, 0.25) is 5.91 Å². The van der Waals surface area contributed by atoms with Crippen molar-refractivity contribution in [1.29, 1.82) is 0 Å². The van der Waals surface area contributed by atoms with Crippen LogP contribution in [0.15, 0.2) is 0 Å². The van der Waals surface area contributed by atoms with Crippen LogP contribution in [0.1, 0.15) is 52.9 Å². The molecule has 3 N–H and O–H groups in total. The van der Waals surface area contributed by atoms with Crippen molar-refractivity contribution in [3.8, 4) is 0 Å². The van der Waals surface area contributed by atoms with Crippen LogP contribution in [0, 0.1) is 0 Å². The molecule has 0 fully saturated rings. The molecular weight excluding hydrogens is 232 g/mol. The molecule has 0 aromatic heterocycles. The summed E-state index contributed by atoms with van der Waals surface area (Å²) in [5, 5.41) is 8.60. The summed E-state index contributed by atoms with van der Waals surface area (Å²) >= 11 is 0. The first-order valence-electron chi connectivity index (χ1n) is 6.71. The number of nitrogens with two attached hydrogens (primary N) is 1. The van der Waals surface area contributed by atoms with E-state index in [0.29, 0.717) is 6.54 Å². The van der Waals surface area contributed by atoms with Gasteiger partial charge in [-0.25, -0.2) is 0 Å². The van der Waals surface area contributed by atoms with Gasteiger partial charge < -0.3 is 15.7 Å². The number of rotatable bonds is 9. The number of nitrogens with zero attached hydrogens (tertiary/aromatic N) is 1. The summed E-state index contributed by atoms with van der Waals surface area (Å²) < 4.78 is 0. The van der Waals surface area contributed by atoms with Gasteiger partial charge in [0, 0.05) is 19.0 Å². The van der Waals surface area contributed by atoms with Crippen LogP contribution >= 0.6 is 0 Å². The highest BCUT2D eigenvalue weighted by molar-refractivity contribution is 5.82.